The van der Waals surface area contributed by atoms with Gasteiger partial charge in [-0.1, -0.05) is 48.3 Å². The molecule has 30 heavy (non-hydrogen) atoms. The van der Waals surface area contributed by atoms with Crippen LogP contribution in [0.3, 0.4) is 0 Å². The van der Waals surface area contributed by atoms with E-state index in [1.807, 2.05) is 49.4 Å². The molecule has 1 aromatic heterocycles. The SMILES string of the molecule is CCCN1C(=O)/C(=C\c2ccc(-c3cc(Cl)ccc3Cl)o2)SC1=Nc1ccccc1. The second-order valence-corrected chi connectivity index (χ2v) is 8.48. The summed E-state index contributed by atoms with van der Waals surface area (Å²) in [4.78, 5) is 19.9. The van der Waals surface area contributed by atoms with Gasteiger partial charge in [0.25, 0.3) is 5.91 Å². The average Bonchev–Trinajstić information content (AvgIpc) is 3.31. The van der Waals surface area contributed by atoms with E-state index in [1.165, 1.54) is 11.8 Å². The third kappa shape index (κ3) is 4.48. The van der Waals surface area contributed by atoms with Crippen molar-refractivity contribution in [2.75, 3.05) is 6.54 Å². The second-order valence-electron chi connectivity index (χ2n) is 6.62. The Morgan fingerprint density at radius 3 is 2.67 bits per heavy atom. The molecule has 0 unspecified atom stereocenters. The number of thioether (sulfide) groups is 1. The fraction of sp³-hybridized carbons (Fsp3) is 0.130. The van der Waals surface area contributed by atoms with E-state index in [2.05, 4.69) is 4.99 Å². The maximum Gasteiger partial charge on any atom is 0.266 e. The molecule has 0 N–H and O–H groups in total. The van der Waals surface area contributed by atoms with Crippen molar-refractivity contribution in [2.24, 2.45) is 4.99 Å². The van der Waals surface area contributed by atoms with Gasteiger partial charge >= 0.3 is 0 Å². The van der Waals surface area contributed by atoms with Crippen LogP contribution >= 0.6 is 35.0 Å². The van der Waals surface area contributed by atoms with Crippen LogP contribution in [0, 0.1) is 0 Å². The number of amides is 1. The first kappa shape index (κ1) is 20.8. The second kappa shape index (κ2) is 9.13. The third-order valence-electron chi connectivity index (χ3n) is 4.41. The zero-order valence-electron chi connectivity index (χ0n) is 16.1. The summed E-state index contributed by atoms with van der Waals surface area (Å²) in [5.41, 5.74) is 1.52. The third-order valence-corrected chi connectivity index (χ3v) is 5.98. The first-order valence-corrected chi connectivity index (χ1v) is 11.0. The average molecular weight is 457 g/mol. The van der Waals surface area contributed by atoms with Crippen LogP contribution in [0.25, 0.3) is 17.4 Å². The molecule has 1 amide bonds. The highest BCUT2D eigenvalue weighted by Crippen LogP contribution is 2.36. The van der Waals surface area contributed by atoms with Crippen LogP contribution < -0.4 is 0 Å². The molecular formula is C23H18Cl2N2O2S. The predicted molar refractivity (Wildman–Crippen MR) is 125 cm³/mol. The lowest BCUT2D eigenvalue weighted by Gasteiger charge is -2.13. The van der Waals surface area contributed by atoms with Gasteiger partial charge in [-0.05, 0) is 60.6 Å². The molecule has 1 fully saturated rings. The Balaban J connectivity index is 1.64. The lowest BCUT2D eigenvalue weighted by atomic mass is 10.2. The number of furan rings is 1. The first-order valence-electron chi connectivity index (χ1n) is 9.45. The summed E-state index contributed by atoms with van der Waals surface area (Å²) < 4.78 is 5.92. The number of benzene rings is 2. The number of aliphatic imine (C=N–C) groups is 1. The monoisotopic (exact) mass is 456 g/mol. The van der Waals surface area contributed by atoms with Crippen LogP contribution in [-0.4, -0.2) is 22.5 Å². The fourth-order valence-corrected chi connectivity index (χ4v) is 4.40. The Bertz CT molecular complexity index is 1140. The van der Waals surface area contributed by atoms with E-state index >= 15 is 0 Å². The minimum absolute atomic E-state index is 0.0738. The predicted octanol–water partition coefficient (Wildman–Crippen LogP) is 7.27. The van der Waals surface area contributed by atoms with Gasteiger partial charge in [0.1, 0.15) is 11.5 Å². The van der Waals surface area contributed by atoms with E-state index in [9.17, 15) is 4.79 Å². The highest BCUT2D eigenvalue weighted by Gasteiger charge is 2.33. The molecule has 2 aromatic carbocycles. The summed E-state index contributed by atoms with van der Waals surface area (Å²) in [6.45, 7) is 2.64. The van der Waals surface area contributed by atoms with E-state index in [0.29, 0.717) is 43.7 Å². The molecule has 0 spiro atoms. The molecule has 3 aromatic rings. The summed E-state index contributed by atoms with van der Waals surface area (Å²) in [6.07, 6.45) is 2.58. The molecule has 0 atom stereocenters. The van der Waals surface area contributed by atoms with E-state index in [1.54, 1.807) is 29.2 Å². The maximum absolute atomic E-state index is 13.0. The number of rotatable bonds is 5. The van der Waals surface area contributed by atoms with Crippen molar-refractivity contribution in [1.29, 1.82) is 0 Å². The van der Waals surface area contributed by atoms with Crippen molar-refractivity contribution in [2.45, 2.75) is 13.3 Å². The van der Waals surface area contributed by atoms with Crippen LogP contribution in [-0.2, 0) is 4.79 Å². The van der Waals surface area contributed by atoms with Gasteiger partial charge in [0.15, 0.2) is 5.17 Å². The summed E-state index contributed by atoms with van der Waals surface area (Å²) in [6, 6.07) is 18.4. The Morgan fingerprint density at radius 1 is 1.10 bits per heavy atom. The highest BCUT2D eigenvalue weighted by atomic mass is 35.5. The molecule has 0 saturated carbocycles. The summed E-state index contributed by atoms with van der Waals surface area (Å²) in [7, 11) is 0. The van der Waals surface area contributed by atoms with Gasteiger partial charge in [-0.2, -0.15) is 0 Å². The largest absolute Gasteiger partial charge is 0.457 e. The maximum atomic E-state index is 13.0. The molecule has 7 heteroatoms. The normalized spacial score (nSPS) is 16.8. The van der Waals surface area contributed by atoms with E-state index < -0.39 is 0 Å². The molecule has 1 aliphatic heterocycles. The smallest absolute Gasteiger partial charge is 0.266 e. The minimum Gasteiger partial charge on any atom is -0.457 e. The quantitative estimate of drug-likeness (QED) is 0.379. The van der Waals surface area contributed by atoms with Crippen molar-refractivity contribution in [3.63, 3.8) is 0 Å². The standard InChI is InChI=1S/C23H18Cl2N2O2S/c1-2-12-27-22(28)21(30-23(27)26-16-6-4-3-5-7-16)14-17-9-11-20(29-17)18-13-15(24)8-10-19(18)25/h3-11,13-14H,2,12H2,1H3/b21-14+,26-23?. The number of carbonyl (C=O) groups excluding carboxylic acids is 1. The number of amidine groups is 1. The lowest BCUT2D eigenvalue weighted by molar-refractivity contribution is -0.122. The number of para-hydroxylation sites is 1. The molecular weight excluding hydrogens is 439 g/mol. The highest BCUT2D eigenvalue weighted by molar-refractivity contribution is 8.18. The first-order chi connectivity index (χ1) is 14.5. The van der Waals surface area contributed by atoms with Crippen LogP contribution in [0.4, 0.5) is 5.69 Å². The topological polar surface area (TPSA) is 45.8 Å². The number of hydrogen-bond donors (Lipinski definition) is 0. The molecule has 1 aliphatic rings. The van der Waals surface area contributed by atoms with Gasteiger partial charge in [-0.3, -0.25) is 9.69 Å². The molecule has 0 radical (unpaired) electrons. The Labute approximate surface area is 189 Å². The van der Waals surface area contributed by atoms with Gasteiger partial charge in [0, 0.05) is 23.2 Å². The van der Waals surface area contributed by atoms with Gasteiger partial charge in [-0.15, -0.1) is 0 Å². The molecule has 0 aliphatic carbocycles. The molecule has 1 saturated heterocycles. The Hall–Kier alpha value is -2.47. The van der Waals surface area contributed by atoms with Gasteiger partial charge in [-0.25, -0.2) is 4.99 Å². The number of carbonyl (C=O) groups is 1. The van der Waals surface area contributed by atoms with Crippen molar-refractivity contribution in [3.8, 4) is 11.3 Å². The molecule has 0 bridgehead atoms. The summed E-state index contributed by atoms with van der Waals surface area (Å²) in [5.74, 6) is 1.08. The van der Waals surface area contributed by atoms with E-state index in [0.717, 1.165) is 12.1 Å². The van der Waals surface area contributed by atoms with Gasteiger partial charge in [0.2, 0.25) is 0 Å². The van der Waals surface area contributed by atoms with Crippen molar-refractivity contribution in [1.82, 2.24) is 4.90 Å². The van der Waals surface area contributed by atoms with Crippen LogP contribution in [0.1, 0.15) is 19.1 Å². The molecule has 2 heterocycles. The fourth-order valence-electron chi connectivity index (χ4n) is 3.02. The number of halogens is 2. The van der Waals surface area contributed by atoms with Crippen molar-refractivity contribution in [3.05, 3.63) is 81.4 Å². The van der Waals surface area contributed by atoms with Crippen molar-refractivity contribution < 1.29 is 9.21 Å². The van der Waals surface area contributed by atoms with Crippen LogP contribution in [0.5, 0.6) is 0 Å². The Morgan fingerprint density at radius 2 is 1.90 bits per heavy atom. The van der Waals surface area contributed by atoms with Gasteiger partial charge in [0.05, 0.1) is 15.6 Å². The molecule has 152 valence electrons. The van der Waals surface area contributed by atoms with Crippen molar-refractivity contribution >= 4 is 57.8 Å². The minimum atomic E-state index is -0.0738. The lowest BCUT2D eigenvalue weighted by Crippen LogP contribution is -2.29. The molecule has 4 nitrogen and oxygen atoms in total. The van der Waals surface area contributed by atoms with Crippen LogP contribution in [0.2, 0.25) is 10.0 Å². The molecule has 4 rings (SSSR count). The Kier molecular flexibility index (Phi) is 6.32. The summed E-state index contributed by atoms with van der Waals surface area (Å²) >= 11 is 13.7. The van der Waals surface area contributed by atoms with E-state index in [-0.39, 0.29) is 5.91 Å². The van der Waals surface area contributed by atoms with E-state index in [4.69, 9.17) is 27.6 Å². The van der Waals surface area contributed by atoms with Crippen LogP contribution in [0.15, 0.2) is 75.0 Å². The zero-order chi connectivity index (χ0) is 21.1. The number of nitrogens with zero attached hydrogens (tertiary/aromatic N) is 2. The summed E-state index contributed by atoms with van der Waals surface area (Å²) in [5, 5.41) is 1.79. The van der Waals surface area contributed by atoms with Gasteiger partial charge < -0.3 is 4.42 Å². The zero-order valence-corrected chi connectivity index (χ0v) is 18.5. The number of hydrogen-bond acceptors (Lipinski definition) is 4.